The van der Waals surface area contributed by atoms with E-state index in [1.165, 1.54) is 12.1 Å². The van der Waals surface area contributed by atoms with Gasteiger partial charge in [0.25, 0.3) is 0 Å². The molecule has 2 aliphatic rings. The number of ketones is 1. The number of nitrogens with one attached hydrogen (secondary N) is 1. The number of rotatable bonds is 6. The molecule has 0 amide bonds. The topological polar surface area (TPSA) is 64.6 Å². The Hall–Kier alpha value is -4.19. The van der Waals surface area contributed by atoms with Gasteiger partial charge in [-0.1, -0.05) is 48.5 Å². The van der Waals surface area contributed by atoms with E-state index in [2.05, 4.69) is 5.32 Å². The van der Waals surface area contributed by atoms with Crippen LogP contribution in [0.2, 0.25) is 0 Å². The largest absolute Gasteiger partial charge is 0.489 e. The molecule has 35 heavy (non-hydrogen) atoms. The van der Waals surface area contributed by atoms with Gasteiger partial charge < -0.3 is 14.8 Å². The highest BCUT2D eigenvalue weighted by Crippen LogP contribution is 2.46. The highest BCUT2D eigenvalue weighted by atomic mass is 19.1. The summed E-state index contributed by atoms with van der Waals surface area (Å²) >= 11 is 0. The third-order valence-corrected chi connectivity index (χ3v) is 6.28. The zero-order chi connectivity index (χ0) is 24.5. The standard InChI is InChI=1S/C29H24FNO4/c1-3-34-29(33)24-17(2)31-27-22-6-4-5-7-23(22)28(32)26(27)25(24)19-10-14-21(15-11-19)35-16-18-8-12-20(30)13-9-18/h4-15,25,31H,3,16H2,1-2H3/t25-/m1/s1. The maximum atomic E-state index is 13.5. The maximum Gasteiger partial charge on any atom is 0.336 e. The normalized spacial score (nSPS) is 16.5. The summed E-state index contributed by atoms with van der Waals surface area (Å²) < 4.78 is 24.3. The van der Waals surface area contributed by atoms with Crippen molar-refractivity contribution in [1.82, 2.24) is 5.32 Å². The number of allylic oxidation sites excluding steroid dienone is 2. The first kappa shape index (κ1) is 22.6. The van der Waals surface area contributed by atoms with Gasteiger partial charge in [-0.15, -0.1) is 0 Å². The summed E-state index contributed by atoms with van der Waals surface area (Å²) in [6.45, 7) is 4.12. The van der Waals surface area contributed by atoms with Crippen LogP contribution in [-0.4, -0.2) is 18.4 Å². The molecule has 0 saturated heterocycles. The lowest BCUT2D eigenvalue weighted by Crippen LogP contribution is -2.29. The van der Waals surface area contributed by atoms with Gasteiger partial charge in [0, 0.05) is 28.3 Å². The Labute approximate surface area is 202 Å². The lowest BCUT2D eigenvalue weighted by Gasteiger charge is -2.29. The van der Waals surface area contributed by atoms with Crippen LogP contribution >= 0.6 is 0 Å². The van der Waals surface area contributed by atoms with Crippen LogP contribution in [0.4, 0.5) is 4.39 Å². The van der Waals surface area contributed by atoms with Crippen molar-refractivity contribution >= 4 is 17.4 Å². The van der Waals surface area contributed by atoms with Gasteiger partial charge in [0.2, 0.25) is 0 Å². The van der Waals surface area contributed by atoms with Gasteiger partial charge >= 0.3 is 5.97 Å². The highest BCUT2D eigenvalue weighted by Gasteiger charge is 2.42. The van der Waals surface area contributed by atoms with E-state index in [1.54, 1.807) is 25.1 Å². The van der Waals surface area contributed by atoms with Crippen molar-refractivity contribution in [3.05, 3.63) is 118 Å². The Morgan fingerprint density at radius 1 is 0.971 bits per heavy atom. The van der Waals surface area contributed by atoms with Crippen LogP contribution in [0.1, 0.15) is 46.8 Å². The minimum absolute atomic E-state index is 0.0981. The van der Waals surface area contributed by atoms with Crippen molar-refractivity contribution in [2.45, 2.75) is 26.4 Å². The quantitative estimate of drug-likeness (QED) is 0.481. The molecule has 0 bridgehead atoms. The van der Waals surface area contributed by atoms with E-state index >= 15 is 0 Å². The molecule has 3 aromatic carbocycles. The average molecular weight is 470 g/mol. The van der Waals surface area contributed by atoms with Crippen molar-refractivity contribution in [3.8, 4) is 5.75 Å². The van der Waals surface area contributed by atoms with Gasteiger partial charge in [-0.3, -0.25) is 4.79 Å². The van der Waals surface area contributed by atoms with Crippen molar-refractivity contribution < 1.29 is 23.5 Å². The van der Waals surface area contributed by atoms with Crippen LogP contribution in [0.3, 0.4) is 0 Å². The molecule has 1 atom stereocenters. The van der Waals surface area contributed by atoms with E-state index < -0.39 is 11.9 Å². The number of carbonyl (C=O) groups is 2. The van der Waals surface area contributed by atoms with Gasteiger partial charge in [-0.25, -0.2) is 9.18 Å². The number of esters is 1. The molecule has 6 heteroatoms. The zero-order valence-corrected chi connectivity index (χ0v) is 19.4. The zero-order valence-electron chi connectivity index (χ0n) is 19.4. The molecule has 5 rings (SSSR count). The number of Topliss-reactive ketones (excluding diaryl/α,β-unsaturated/α-hetero) is 1. The van der Waals surface area contributed by atoms with Gasteiger partial charge in [-0.2, -0.15) is 0 Å². The predicted octanol–water partition coefficient (Wildman–Crippen LogP) is 5.54. The molecule has 1 aliphatic heterocycles. The van der Waals surface area contributed by atoms with E-state index in [0.717, 1.165) is 22.4 Å². The molecular weight excluding hydrogens is 445 g/mol. The van der Waals surface area contributed by atoms with Crippen LogP contribution in [0, 0.1) is 5.82 Å². The van der Waals surface area contributed by atoms with E-state index in [1.807, 2.05) is 49.4 Å². The molecular formula is C29H24FNO4. The molecule has 176 valence electrons. The number of fused-ring (bicyclic) bond motifs is 2. The molecule has 5 nitrogen and oxygen atoms in total. The highest BCUT2D eigenvalue weighted by molar-refractivity contribution is 6.23. The smallest absolute Gasteiger partial charge is 0.336 e. The van der Waals surface area contributed by atoms with Gasteiger partial charge in [-0.05, 0) is 49.2 Å². The number of benzene rings is 3. The second kappa shape index (κ2) is 9.22. The Kier molecular flexibility index (Phi) is 5.95. The second-order valence-corrected chi connectivity index (χ2v) is 8.46. The predicted molar refractivity (Wildman–Crippen MR) is 130 cm³/mol. The van der Waals surface area contributed by atoms with Crippen molar-refractivity contribution in [1.29, 1.82) is 0 Å². The van der Waals surface area contributed by atoms with Crippen LogP contribution < -0.4 is 10.1 Å². The summed E-state index contributed by atoms with van der Waals surface area (Å²) in [5, 5.41) is 3.29. The molecule has 0 spiro atoms. The number of dihydropyridines is 1. The van der Waals surface area contributed by atoms with Crippen LogP contribution in [0.25, 0.3) is 5.70 Å². The van der Waals surface area contributed by atoms with E-state index in [0.29, 0.717) is 34.8 Å². The van der Waals surface area contributed by atoms with Crippen LogP contribution in [0.15, 0.2) is 89.6 Å². The number of ether oxygens (including phenoxy) is 2. The summed E-state index contributed by atoms with van der Waals surface area (Å²) in [7, 11) is 0. The van der Waals surface area contributed by atoms with Gasteiger partial charge in [0.05, 0.1) is 17.9 Å². The summed E-state index contributed by atoms with van der Waals surface area (Å²) in [6, 6.07) is 20.9. The molecule has 0 radical (unpaired) electrons. The van der Waals surface area contributed by atoms with E-state index in [4.69, 9.17) is 9.47 Å². The first-order chi connectivity index (χ1) is 17.0. The minimum Gasteiger partial charge on any atom is -0.489 e. The molecule has 1 N–H and O–H groups in total. The molecule has 1 aliphatic carbocycles. The fraction of sp³-hybridized carbons (Fsp3) is 0.172. The maximum absolute atomic E-state index is 13.5. The lowest BCUT2D eigenvalue weighted by atomic mass is 9.80. The Bertz CT molecular complexity index is 1370. The average Bonchev–Trinajstić information content (AvgIpc) is 3.15. The fourth-order valence-electron chi connectivity index (χ4n) is 4.65. The number of hydrogen-bond acceptors (Lipinski definition) is 5. The SMILES string of the molecule is CCOC(=O)C1=C(C)NC2=C(C(=O)c3ccccc32)[C@@H]1c1ccc(OCc2ccc(F)cc2)cc1. The van der Waals surface area contributed by atoms with Gasteiger partial charge in [0.15, 0.2) is 5.78 Å². The number of hydrogen-bond donors (Lipinski definition) is 1. The fourth-order valence-corrected chi connectivity index (χ4v) is 4.65. The molecule has 1 heterocycles. The third kappa shape index (κ3) is 4.12. The van der Waals surface area contributed by atoms with Crippen LogP contribution in [0.5, 0.6) is 5.75 Å². The molecule has 0 fully saturated rings. The first-order valence-corrected chi connectivity index (χ1v) is 11.5. The summed E-state index contributed by atoms with van der Waals surface area (Å²) in [5.41, 5.74) is 5.45. The summed E-state index contributed by atoms with van der Waals surface area (Å²) in [5.74, 6) is -0.788. The Morgan fingerprint density at radius 2 is 1.66 bits per heavy atom. The molecule has 0 saturated carbocycles. The van der Waals surface area contributed by atoms with E-state index in [-0.39, 0.29) is 18.2 Å². The second-order valence-electron chi connectivity index (χ2n) is 8.46. The molecule has 3 aromatic rings. The number of halogens is 1. The number of carbonyl (C=O) groups excluding carboxylic acids is 2. The third-order valence-electron chi connectivity index (χ3n) is 6.28. The van der Waals surface area contributed by atoms with Crippen molar-refractivity contribution in [2.24, 2.45) is 0 Å². The first-order valence-electron chi connectivity index (χ1n) is 11.5. The van der Waals surface area contributed by atoms with Crippen molar-refractivity contribution in [3.63, 3.8) is 0 Å². The van der Waals surface area contributed by atoms with Crippen LogP contribution in [-0.2, 0) is 16.1 Å². The minimum atomic E-state index is -0.573. The molecule has 0 unspecified atom stereocenters. The molecule has 0 aromatic heterocycles. The summed E-state index contributed by atoms with van der Waals surface area (Å²) in [4.78, 5) is 26.5. The summed E-state index contributed by atoms with van der Waals surface area (Å²) in [6.07, 6.45) is 0. The Morgan fingerprint density at radius 3 is 2.34 bits per heavy atom. The van der Waals surface area contributed by atoms with Gasteiger partial charge in [0.1, 0.15) is 18.2 Å². The van der Waals surface area contributed by atoms with Crippen molar-refractivity contribution in [2.75, 3.05) is 6.61 Å². The Balaban J connectivity index is 1.49. The van der Waals surface area contributed by atoms with E-state index in [9.17, 15) is 14.0 Å². The monoisotopic (exact) mass is 469 g/mol. The lowest BCUT2D eigenvalue weighted by molar-refractivity contribution is -0.138.